The molecule has 1 aliphatic rings. The molecule has 1 heterocycles. The van der Waals surface area contributed by atoms with Gasteiger partial charge in [0.15, 0.2) is 0 Å². The highest BCUT2D eigenvalue weighted by molar-refractivity contribution is 5.87. The van der Waals surface area contributed by atoms with E-state index >= 15 is 0 Å². The second-order valence-corrected chi connectivity index (χ2v) is 6.77. The molecular weight excluding hydrogens is 340 g/mol. The molecule has 2 N–H and O–H groups in total. The zero-order chi connectivity index (χ0) is 17.5. The number of carboxylic acids is 1. The molecule has 2 rings (SSSR count). The first-order chi connectivity index (χ1) is 11.5. The van der Waals surface area contributed by atoms with Crippen molar-refractivity contribution in [2.24, 2.45) is 5.92 Å². The fraction of sp³-hybridized carbons (Fsp3) is 0.579. The number of aromatic carboxylic acids is 1. The second kappa shape index (κ2) is 10.4. The Morgan fingerprint density at radius 2 is 2.00 bits per heavy atom. The Morgan fingerprint density at radius 3 is 2.60 bits per heavy atom. The van der Waals surface area contributed by atoms with E-state index in [0.29, 0.717) is 5.56 Å². The largest absolute Gasteiger partial charge is 0.478 e. The molecule has 0 saturated carbocycles. The lowest BCUT2D eigenvalue weighted by molar-refractivity contribution is -0.127. The van der Waals surface area contributed by atoms with Crippen LogP contribution < -0.4 is 5.32 Å². The predicted octanol–water partition coefficient (Wildman–Crippen LogP) is 3.32. The van der Waals surface area contributed by atoms with Crippen molar-refractivity contribution in [1.29, 1.82) is 0 Å². The summed E-state index contributed by atoms with van der Waals surface area (Å²) >= 11 is 0. The van der Waals surface area contributed by atoms with Crippen LogP contribution in [-0.2, 0) is 11.3 Å². The lowest BCUT2D eigenvalue weighted by Gasteiger charge is -2.32. The number of piperidine rings is 1. The van der Waals surface area contributed by atoms with Gasteiger partial charge in [0, 0.05) is 19.1 Å². The van der Waals surface area contributed by atoms with Crippen LogP contribution in [0.5, 0.6) is 0 Å². The highest BCUT2D eigenvalue weighted by Crippen LogP contribution is 2.19. The summed E-state index contributed by atoms with van der Waals surface area (Å²) < 4.78 is 0. The minimum absolute atomic E-state index is 0. The number of carboxylic acid groups (broad SMARTS) is 1. The first-order valence-electron chi connectivity index (χ1n) is 8.84. The van der Waals surface area contributed by atoms with Crippen molar-refractivity contribution in [3.63, 3.8) is 0 Å². The lowest BCUT2D eigenvalue weighted by atomic mass is 9.96. The van der Waals surface area contributed by atoms with Crippen molar-refractivity contribution < 1.29 is 14.7 Å². The Labute approximate surface area is 156 Å². The fourth-order valence-corrected chi connectivity index (χ4v) is 3.29. The number of likely N-dealkylation sites (tertiary alicyclic amines) is 1. The molecule has 0 aliphatic carbocycles. The summed E-state index contributed by atoms with van der Waals surface area (Å²) in [6.45, 7) is 6.70. The molecule has 1 amide bonds. The number of carbonyl (C=O) groups is 2. The average Bonchev–Trinajstić information content (AvgIpc) is 2.55. The molecule has 1 fully saturated rings. The van der Waals surface area contributed by atoms with Gasteiger partial charge in [0.05, 0.1) is 11.5 Å². The van der Waals surface area contributed by atoms with Crippen molar-refractivity contribution in [3.05, 3.63) is 35.4 Å². The smallest absolute Gasteiger partial charge is 0.335 e. The molecular formula is C19H29ClN2O3. The SMILES string of the molecule is CCCC(C)NC(=O)C1CCCN(Cc2ccc(C(=O)O)cc2)C1.Cl. The third kappa shape index (κ3) is 6.67. The van der Waals surface area contributed by atoms with Crippen molar-refractivity contribution in [2.45, 2.75) is 52.1 Å². The number of nitrogens with zero attached hydrogens (tertiary/aromatic N) is 1. The van der Waals surface area contributed by atoms with Crippen molar-refractivity contribution in [1.82, 2.24) is 10.2 Å². The molecule has 0 aromatic heterocycles. The predicted molar refractivity (Wildman–Crippen MR) is 101 cm³/mol. The summed E-state index contributed by atoms with van der Waals surface area (Å²) in [6, 6.07) is 7.23. The number of hydrogen-bond acceptors (Lipinski definition) is 3. The summed E-state index contributed by atoms with van der Waals surface area (Å²) in [5.74, 6) is -0.685. The normalized spacial score (nSPS) is 18.9. The van der Waals surface area contributed by atoms with Crippen molar-refractivity contribution >= 4 is 24.3 Å². The first kappa shape index (κ1) is 21.5. The number of rotatable bonds is 7. The summed E-state index contributed by atoms with van der Waals surface area (Å²) in [5.41, 5.74) is 1.39. The third-order valence-corrected chi connectivity index (χ3v) is 4.59. The Bertz CT molecular complexity index is 562. The molecule has 1 aliphatic heterocycles. The molecule has 2 unspecified atom stereocenters. The van der Waals surface area contributed by atoms with E-state index in [-0.39, 0.29) is 30.3 Å². The van der Waals surface area contributed by atoms with Crippen LogP contribution in [0.15, 0.2) is 24.3 Å². The molecule has 140 valence electrons. The third-order valence-electron chi connectivity index (χ3n) is 4.59. The maximum atomic E-state index is 12.4. The number of hydrogen-bond donors (Lipinski definition) is 2. The molecule has 1 aromatic rings. The highest BCUT2D eigenvalue weighted by atomic mass is 35.5. The van der Waals surface area contributed by atoms with Crippen LogP contribution in [0.3, 0.4) is 0 Å². The van der Waals surface area contributed by atoms with E-state index in [1.807, 2.05) is 12.1 Å². The molecule has 25 heavy (non-hydrogen) atoms. The number of benzene rings is 1. The number of halogens is 1. The Morgan fingerprint density at radius 1 is 1.32 bits per heavy atom. The lowest BCUT2D eigenvalue weighted by Crippen LogP contribution is -2.45. The summed E-state index contributed by atoms with van der Waals surface area (Å²) in [6.07, 6.45) is 4.05. The Hall–Kier alpha value is -1.59. The van der Waals surface area contributed by atoms with E-state index in [4.69, 9.17) is 5.11 Å². The van der Waals surface area contributed by atoms with Crippen LogP contribution in [0.1, 0.15) is 55.5 Å². The highest BCUT2D eigenvalue weighted by Gasteiger charge is 2.26. The van der Waals surface area contributed by atoms with Gasteiger partial charge < -0.3 is 10.4 Å². The van der Waals surface area contributed by atoms with Crippen LogP contribution >= 0.6 is 12.4 Å². The zero-order valence-electron chi connectivity index (χ0n) is 15.0. The molecule has 0 spiro atoms. The summed E-state index contributed by atoms with van der Waals surface area (Å²) in [4.78, 5) is 25.6. The van der Waals surface area contributed by atoms with Gasteiger partial charge in [0.25, 0.3) is 0 Å². The number of nitrogens with one attached hydrogen (secondary N) is 1. The van der Waals surface area contributed by atoms with Crippen molar-refractivity contribution in [3.8, 4) is 0 Å². The minimum Gasteiger partial charge on any atom is -0.478 e. The van der Waals surface area contributed by atoms with Crippen LogP contribution in [0.2, 0.25) is 0 Å². The van der Waals surface area contributed by atoms with Gasteiger partial charge in [-0.15, -0.1) is 12.4 Å². The Kier molecular flexibility index (Phi) is 8.93. The summed E-state index contributed by atoms with van der Waals surface area (Å²) in [5, 5.41) is 12.1. The molecule has 1 saturated heterocycles. The van der Waals surface area contributed by atoms with Crippen LogP contribution in [0.25, 0.3) is 0 Å². The first-order valence-corrected chi connectivity index (χ1v) is 8.84. The van der Waals surface area contributed by atoms with Gasteiger partial charge in [-0.2, -0.15) is 0 Å². The molecule has 1 aromatic carbocycles. The van der Waals surface area contributed by atoms with E-state index in [2.05, 4.69) is 24.1 Å². The van der Waals surface area contributed by atoms with Gasteiger partial charge in [-0.25, -0.2) is 4.79 Å². The Balaban J connectivity index is 0.00000312. The number of amides is 1. The van der Waals surface area contributed by atoms with Crippen LogP contribution in [0.4, 0.5) is 0 Å². The van der Waals surface area contributed by atoms with E-state index in [0.717, 1.165) is 50.9 Å². The van der Waals surface area contributed by atoms with Crippen molar-refractivity contribution in [2.75, 3.05) is 13.1 Å². The summed E-state index contributed by atoms with van der Waals surface area (Å²) in [7, 11) is 0. The maximum absolute atomic E-state index is 12.4. The van der Waals surface area contributed by atoms with Gasteiger partial charge in [0.2, 0.25) is 5.91 Å². The van der Waals surface area contributed by atoms with Crippen LogP contribution in [-0.4, -0.2) is 41.0 Å². The molecule has 2 atom stereocenters. The number of carbonyl (C=O) groups excluding carboxylic acids is 1. The minimum atomic E-state index is -0.905. The topological polar surface area (TPSA) is 69.6 Å². The standard InChI is InChI=1S/C19H28N2O3.ClH/c1-3-5-14(2)20-18(22)17-6-4-11-21(13-17)12-15-7-9-16(10-8-15)19(23)24;/h7-10,14,17H,3-6,11-13H2,1-2H3,(H,20,22)(H,23,24);1H. The molecule has 0 radical (unpaired) electrons. The van der Waals surface area contributed by atoms with Gasteiger partial charge in [0.1, 0.15) is 0 Å². The molecule has 6 heteroatoms. The van der Waals surface area contributed by atoms with E-state index in [9.17, 15) is 9.59 Å². The van der Waals surface area contributed by atoms with Crippen LogP contribution in [0, 0.1) is 5.92 Å². The van der Waals surface area contributed by atoms with E-state index in [1.165, 1.54) is 0 Å². The molecule has 0 bridgehead atoms. The zero-order valence-corrected chi connectivity index (χ0v) is 15.8. The van der Waals surface area contributed by atoms with Gasteiger partial charge in [-0.1, -0.05) is 25.5 Å². The average molecular weight is 369 g/mol. The van der Waals surface area contributed by atoms with E-state index in [1.54, 1.807) is 12.1 Å². The maximum Gasteiger partial charge on any atom is 0.335 e. The fourth-order valence-electron chi connectivity index (χ4n) is 3.29. The van der Waals surface area contributed by atoms with Gasteiger partial charge in [-0.05, 0) is 50.4 Å². The van der Waals surface area contributed by atoms with E-state index < -0.39 is 5.97 Å². The van der Waals surface area contributed by atoms with Gasteiger partial charge in [-0.3, -0.25) is 9.69 Å². The second-order valence-electron chi connectivity index (χ2n) is 6.77. The van der Waals surface area contributed by atoms with Gasteiger partial charge >= 0.3 is 5.97 Å². The quantitative estimate of drug-likeness (QED) is 0.774. The molecule has 5 nitrogen and oxygen atoms in total. The monoisotopic (exact) mass is 368 g/mol.